The first-order chi connectivity index (χ1) is 11.2. The van der Waals surface area contributed by atoms with Gasteiger partial charge in [0.15, 0.2) is 12.1 Å². The number of methoxy groups -OCH3 is 2. The summed E-state index contributed by atoms with van der Waals surface area (Å²) in [6.45, 7) is 0. The first-order valence-electron chi connectivity index (χ1n) is 6.64. The van der Waals surface area contributed by atoms with Gasteiger partial charge in [-0.1, -0.05) is 15.9 Å². The van der Waals surface area contributed by atoms with Gasteiger partial charge in [-0.15, -0.1) is 0 Å². The molecule has 1 aromatic carbocycles. The van der Waals surface area contributed by atoms with E-state index in [2.05, 4.69) is 25.4 Å². The van der Waals surface area contributed by atoms with Crippen molar-refractivity contribution in [1.29, 1.82) is 0 Å². The van der Waals surface area contributed by atoms with Gasteiger partial charge >= 0.3 is 18.1 Å². The van der Waals surface area contributed by atoms with Gasteiger partial charge in [0.1, 0.15) is 5.92 Å². The first-order valence-corrected chi connectivity index (χ1v) is 7.44. The number of hydrogen-bond donors (Lipinski definition) is 0. The van der Waals surface area contributed by atoms with Crippen LogP contribution in [0.1, 0.15) is 0 Å². The van der Waals surface area contributed by atoms with Gasteiger partial charge in [-0.05, 0) is 24.3 Å². The van der Waals surface area contributed by atoms with Crippen molar-refractivity contribution >= 4 is 33.6 Å². The maximum Gasteiger partial charge on any atom is 0.412 e. The lowest BCUT2D eigenvalue weighted by Crippen LogP contribution is -2.48. The van der Waals surface area contributed by atoms with Crippen molar-refractivity contribution in [3.05, 3.63) is 28.7 Å². The van der Waals surface area contributed by atoms with Crippen molar-refractivity contribution in [2.24, 2.45) is 5.92 Å². The zero-order valence-electron chi connectivity index (χ0n) is 12.5. The van der Waals surface area contributed by atoms with Crippen LogP contribution < -0.4 is 5.06 Å². The van der Waals surface area contributed by atoms with Crippen LogP contribution in [0.5, 0.6) is 0 Å². The number of halogens is 4. The van der Waals surface area contributed by atoms with E-state index in [1.165, 1.54) is 24.3 Å². The van der Waals surface area contributed by atoms with Crippen LogP contribution in [0.3, 0.4) is 0 Å². The molecule has 0 amide bonds. The molecule has 0 unspecified atom stereocenters. The van der Waals surface area contributed by atoms with Gasteiger partial charge in [-0.2, -0.15) is 13.2 Å². The number of carbonyl (C=O) groups is 2. The summed E-state index contributed by atoms with van der Waals surface area (Å²) in [7, 11) is 1.93. The zero-order valence-corrected chi connectivity index (χ0v) is 14.1. The minimum atomic E-state index is -4.85. The summed E-state index contributed by atoms with van der Waals surface area (Å²) in [4.78, 5) is 28.8. The lowest BCUT2D eigenvalue weighted by atomic mass is 9.94. The van der Waals surface area contributed by atoms with Gasteiger partial charge in [0, 0.05) is 4.47 Å². The highest BCUT2D eigenvalue weighted by molar-refractivity contribution is 9.10. The highest BCUT2D eigenvalue weighted by atomic mass is 79.9. The Bertz CT molecular complexity index is 622. The molecule has 24 heavy (non-hydrogen) atoms. The molecular weight excluding hydrogens is 399 g/mol. The summed E-state index contributed by atoms with van der Waals surface area (Å²) in [5.41, 5.74) is 0.0285. The number of carbonyl (C=O) groups excluding carboxylic acids is 2. The van der Waals surface area contributed by atoms with Gasteiger partial charge < -0.3 is 9.47 Å². The third-order valence-electron chi connectivity index (χ3n) is 3.47. The molecule has 1 fully saturated rings. The van der Waals surface area contributed by atoms with Gasteiger partial charge in [-0.3, -0.25) is 9.63 Å². The van der Waals surface area contributed by atoms with E-state index in [-0.39, 0.29) is 5.69 Å². The number of hydrogen-bond acceptors (Lipinski definition) is 6. The van der Waals surface area contributed by atoms with Gasteiger partial charge in [0.25, 0.3) is 0 Å². The highest BCUT2D eigenvalue weighted by Crippen LogP contribution is 2.42. The minimum absolute atomic E-state index is 0.0285. The molecule has 1 aliphatic heterocycles. The molecule has 0 N–H and O–H groups in total. The Kier molecular flexibility index (Phi) is 5.38. The average molecular weight is 412 g/mol. The predicted octanol–water partition coefficient (Wildman–Crippen LogP) is 2.46. The van der Waals surface area contributed by atoms with E-state index in [1.54, 1.807) is 0 Å². The maximum absolute atomic E-state index is 13.6. The van der Waals surface area contributed by atoms with E-state index >= 15 is 0 Å². The van der Waals surface area contributed by atoms with Crippen molar-refractivity contribution in [3.63, 3.8) is 0 Å². The fourth-order valence-corrected chi connectivity index (χ4v) is 2.67. The molecule has 10 heteroatoms. The zero-order chi connectivity index (χ0) is 18.1. The number of hydroxylamine groups is 1. The summed E-state index contributed by atoms with van der Waals surface area (Å²) in [6, 6.07) is 3.33. The number of esters is 2. The second-order valence-electron chi connectivity index (χ2n) is 4.89. The Balaban J connectivity index is 2.51. The van der Waals surface area contributed by atoms with E-state index < -0.39 is 36.2 Å². The molecule has 0 saturated carbocycles. The predicted molar refractivity (Wildman–Crippen MR) is 78.9 cm³/mol. The quantitative estimate of drug-likeness (QED) is 0.711. The second-order valence-corrected chi connectivity index (χ2v) is 5.80. The molecule has 1 heterocycles. The molecule has 3 atom stereocenters. The molecular formula is C14H13BrF3NO5. The Morgan fingerprint density at radius 2 is 1.67 bits per heavy atom. The first kappa shape index (κ1) is 18.5. The summed E-state index contributed by atoms with van der Waals surface area (Å²) in [5, 5.41) is 0.496. The third-order valence-corrected chi connectivity index (χ3v) is 4.00. The number of ether oxygens (including phenoxy) is 2. The van der Waals surface area contributed by atoms with Crippen molar-refractivity contribution in [1.82, 2.24) is 0 Å². The van der Waals surface area contributed by atoms with Crippen molar-refractivity contribution in [3.8, 4) is 0 Å². The number of anilines is 1. The van der Waals surface area contributed by atoms with E-state index in [0.717, 1.165) is 14.2 Å². The van der Waals surface area contributed by atoms with Gasteiger partial charge in [0.2, 0.25) is 0 Å². The van der Waals surface area contributed by atoms with Crippen LogP contribution in [0.4, 0.5) is 18.9 Å². The molecule has 1 aliphatic rings. The number of rotatable bonds is 3. The average Bonchev–Trinajstić information content (AvgIpc) is 2.94. The molecule has 0 bridgehead atoms. The molecule has 6 nitrogen and oxygen atoms in total. The number of benzene rings is 1. The fraction of sp³-hybridized carbons (Fsp3) is 0.429. The summed E-state index contributed by atoms with van der Waals surface area (Å²) >= 11 is 3.17. The third kappa shape index (κ3) is 3.48. The monoisotopic (exact) mass is 411 g/mol. The SMILES string of the molecule is COC(=O)[C@H]1[C@@H](C(=O)OC)ON(c2ccc(Br)cc2)[C@@H]1C(F)(F)F. The van der Waals surface area contributed by atoms with Crippen LogP contribution in [0.25, 0.3) is 0 Å². The van der Waals surface area contributed by atoms with E-state index in [0.29, 0.717) is 9.54 Å². The largest absolute Gasteiger partial charge is 0.469 e. The number of nitrogens with zero attached hydrogens (tertiary/aromatic N) is 1. The Hall–Kier alpha value is -1.81. The van der Waals surface area contributed by atoms with Crippen LogP contribution in [0.15, 0.2) is 28.7 Å². The fourth-order valence-electron chi connectivity index (χ4n) is 2.41. The topological polar surface area (TPSA) is 65.1 Å². The minimum Gasteiger partial charge on any atom is -0.469 e. The number of alkyl halides is 3. The van der Waals surface area contributed by atoms with Crippen molar-refractivity contribution in [2.75, 3.05) is 19.3 Å². The highest BCUT2D eigenvalue weighted by Gasteiger charge is 2.62. The molecule has 0 radical (unpaired) electrons. The van der Waals surface area contributed by atoms with Crippen LogP contribution in [-0.2, 0) is 23.9 Å². The van der Waals surface area contributed by atoms with E-state index in [9.17, 15) is 22.8 Å². The van der Waals surface area contributed by atoms with Crippen LogP contribution in [0.2, 0.25) is 0 Å². The van der Waals surface area contributed by atoms with Gasteiger partial charge in [-0.25, -0.2) is 9.86 Å². The lowest BCUT2D eigenvalue weighted by Gasteiger charge is -2.27. The Morgan fingerprint density at radius 3 is 2.12 bits per heavy atom. The molecule has 2 rings (SSSR count). The van der Waals surface area contributed by atoms with Gasteiger partial charge in [0.05, 0.1) is 19.9 Å². The molecule has 132 valence electrons. The van der Waals surface area contributed by atoms with Crippen molar-refractivity contribution in [2.45, 2.75) is 18.3 Å². The second kappa shape index (κ2) is 6.98. The van der Waals surface area contributed by atoms with Crippen LogP contribution in [0, 0.1) is 5.92 Å². The standard InChI is InChI=1S/C14H13BrF3NO5/c1-22-12(20)9-10(13(21)23-2)24-19(11(9)14(16,17)18)8-5-3-7(15)4-6-8/h3-6,9-11H,1-2H3/t9-,10-,11-/m0/s1. The molecule has 0 aliphatic carbocycles. The molecule has 0 spiro atoms. The van der Waals surface area contributed by atoms with Crippen LogP contribution >= 0.6 is 15.9 Å². The van der Waals surface area contributed by atoms with E-state index in [1.807, 2.05) is 0 Å². The molecule has 1 saturated heterocycles. The maximum atomic E-state index is 13.6. The lowest BCUT2D eigenvalue weighted by molar-refractivity contribution is -0.173. The molecule has 0 aromatic heterocycles. The smallest absolute Gasteiger partial charge is 0.412 e. The normalized spacial score (nSPS) is 23.9. The molecule has 1 aromatic rings. The van der Waals surface area contributed by atoms with Crippen molar-refractivity contribution < 1.29 is 37.1 Å². The summed E-state index contributed by atoms with van der Waals surface area (Å²) in [6.07, 6.45) is -6.62. The Morgan fingerprint density at radius 1 is 1.12 bits per heavy atom. The van der Waals surface area contributed by atoms with Crippen LogP contribution in [-0.4, -0.2) is 44.5 Å². The Labute approximate surface area is 143 Å². The summed E-state index contributed by atoms with van der Waals surface area (Å²) < 4.78 is 50.2. The van der Waals surface area contributed by atoms with E-state index in [4.69, 9.17) is 4.84 Å². The summed E-state index contributed by atoms with van der Waals surface area (Å²) in [5.74, 6) is -4.22.